The zero-order valence-corrected chi connectivity index (χ0v) is 19.1. The van der Waals surface area contributed by atoms with E-state index in [0.29, 0.717) is 36.5 Å². The van der Waals surface area contributed by atoms with Gasteiger partial charge in [-0.1, -0.05) is 23.2 Å². The highest BCUT2D eigenvalue weighted by Gasteiger charge is 2.31. The van der Waals surface area contributed by atoms with Gasteiger partial charge in [0.05, 0.1) is 21.6 Å². The number of nitro groups is 1. The quantitative estimate of drug-likeness (QED) is 0.363. The summed E-state index contributed by atoms with van der Waals surface area (Å²) < 4.78 is 5.30. The van der Waals surface area contributed by atoms with Gasteiger partial charge in [0.25, 0.3) is 17.5 Å². The highest BCUT2D eigenvalue weighted by molar-refractivity contribution is 6.34. The third kappa shape index (κ3) is 6.21. The normalized spacial score (nSPS) is 14.9. The van der Waals surface area contributed by atoms with Gasteiger partial charge in [-0.2, -0.15) is 0 Å². The molecule has 1 unspecified atom stereocenters. The summed E-state index contributed by atoms with van der Waals surface area (Å²) in [6, 6.07) is 10.2. The predicted molar refractivity (Wildman–Crippen MR) is 122 cm³/mol. The molecule has 1 aliphatic rings. The lowest BCUT2D eigenvalue weighted by Crippen LogP contribution is -2.41. The topological polar surface area (TPSA) is 119 Å². The number of nitrogens with one attached hydrogen (secondary N) is 1. The molecule has 0 aromatic heterocycles. The number of nitro benzene ring substituents is 1. The molecule has 2 aromatic rings. The fourth-order valence-electron chi connectivity index (χ4n) is 3.37. The van der Waals surface area contributed by atoms with Crippen LogP contribution in [0.2, 0.25) is 10.0 Å². The first-order chi connectivity index (χ1) is 15.7. The predicted octanol–water partition coefficient (Wildman–Crippen LogP) is 4.32. The van der Waals surface area contributed by atoms with E-state index >= 15 is 0 Å². The van der Waals surface area contributed by atoms with E-state index in [1.807, 2.05) is 0 Å². The summed E-state index contributed by atoms with van der Waals surface area (Å²) in [5, 5.41) is 13.8. The summed E-state index contributed by atoms with van der Waals surface area (Å²) in [5.41, 5.74) is 0.484. The lowest BCUT2D eigenvalue weighted by molar-refractivity contribution is -0.384. The second-order valence-corrected chi connectivity index (χ2v) is 8.41. The average Bonchev–Trinajstić information content (AvgIpc) is 2.80. The molecular weight excluding hydrogens is 473 g/mol. The average molecular weight is 494 g/mol. The van der Waals surface area contributed by atoms with Gasteiger partial charge < -0.3 is 15.0 Å². The molecule has 1 saturated heterocycles. The van der Waals surface area contributed by atoms with E-state index < -0.39 is 28.8 Å². The molecular formula is C22H21Cl2N3O6. The Bertz CT molecular complexity index is 1070. The molecule has 1 N–H and O–H groups in total. The molecule has 2 aromatic carbocycles. The Hall–Kier alpha value is -3.17. The molecule has 9 nitrogen and oxygen atoms in total. The Morgan fingerprint density at radius 1 is 1.12 bits per heavy atom. The zero-order valence-electron chi connectivity index (χ0n) is 17.6. The third-order valence-electron chi connectivity index (χ3n) is 5.29. The van der Waals surface area contributed by atoms with Crippen LogP contribution >= 0.6 is 23.2 Å². The van der Waals surface area contributed by atoms with Gasteiger partial charge >= 0.3 is 5.97 Å². The first kappa shape index (κ1) is 24.5. The van der Waals surface area contributed by atoms with Gasteiger partial charge in [0.15, 0.2) is 6.10 Å². The number of carbonyl (C=O) groups is 3. The van der Waals surface area contributed by atoms with Crippen LogP contribution in [0.25, 0.3) is 0 Å². The monoisotopic (exact) mass is 493 g/mol. The number of ether oxygens (including phenoxy) is 1. The van der Waals surface area contributed by atoms with Crippen molar-refractivity contribution in [3.63, 3.8) is 0 Å². The summed E-state index contributed by atoms with van der Waals surface area (Å²) in [6.07, 6.45) is -0.265. The summed E-state index contributed by atoms with van der Waals surface area (Å²) in [4.78, 5) is 49.3. The second kappa shape index (κ2) is 10.6. The Kier molecular flexibility index (Phi) is 7.88. The Morgan fingerprint density at radius 3 is 2.33 bits per heavy atom. The van der Waals surface area contributed by atoms with Crippen LogP contribution in [0.4, 0.5) is 11.4 Å². The number of non-ortho nitro benzene ring substituents is 1. The number of carbonyl (C=O) groups excluding carboxylic acids is 3. The number of likely N-dealkylation sites (tertiary alicyclic amines) is 1. The van der Waals surface area contributed by atoms with Crippen LogP contribution in [0, 0.1) is 16.0 Å². The number of amides is 2. The van der Waals surface area contributed by atoms with Gasteiger partial charge in [0, 0.05) is 35.8 Å². The summed E-state index contributed by atoms with van der Waals surface area (Å²) >= 11 is 11.8. The van der Waals surface area contributed by atoms with E-state index in [2.05, 4.69) is 5.32 Å². The van der Waals surface area contributed by atoms with Crippen molar-refractivity contribution in [2.24, 2.45) is 5.92 Å². The fraction of sp³-hybridized carbons (Fsp3) is 0.318. The van der Waals surface area contributed by atoms with Crippen LogP contribution in [0.15, 0.2) is 42.5 Å². The second-order valence-electron chi connectivity index (χ2n) is 7.56. The number of esters is 1. The van der Waals surface area contributed by atoms with Crippen molar-refractivity contribution in [2.45, 2.75) is 25.9 Å². The maximum Gasteiger partial charge on any atom is 0.309 e. The molecule has 0 aliphatic carbocycles. The number of benzene rings is 2. The van der Waals surface area contributed by atoms with E-state index in [-0.39, 0.29) is 22.3 Å². The number of rotatable bonds is 6. The molecule has 0 spiro atoms. The van der Waals surface area contributed by atoms with Gasteiger partial charge in [-0.3, -0.25) is 24.5 Å². The number of hydrogen-bond donors (Lipinski definition) is 1. The van der Waals surface area contributed by atoms with Crippen molar-refractivity contribution in [3.8, 4) is 0 Å². The van der Waals surface area contributed by atoms with Crippen molar-refractivity contribution in [3.05, 3.63) is 68.2 Å². The molecule has 0 bridgehead atoms. The molecule has 0 radical (unpaired) electrons. The summed E-state index contributed by atoms with van der Waals surface area (Å²) in [7, 11) is 0. The highest BCUT2D eigenvalue weighted by atomic mass is 35.5. The van der Waals surface area contributed by atoms with E-state index in [1.54, 1.807) is 29.2 Å². The minimum Gasteiger partial charge on any atom is -0.452 e. The number of hydrogen-bond acceptors (Lipinski definition) is 6. The zero-order chi connectivity index (χ0) is 24.1. The third-order valence-corrected chi connectivity index (χ3v) is 5.85. The van der Waals surface area contributed by atoms with Crippen LogP contribution in [-0.2, 0) is 14.3 Å². The molecule has 1 atom stereocenters. The number of anilines is 1. The van der Waals surface area contributed by atoms with Gasteiger partial charge in [-0.15, -0.1) is 0 Å². The van der Waals surface area contributed by atoms with E-state index in [4.69, 9.17) is 27.9 Å². The van der Waals surface area contributed by atoms with E-state index in [9.17, 15) is 24.5 Å². The minimum absolute atomic E-state index is 0.00574. The van der Waals surface area contributed by atoms with Crippen molar-refractivity contribution >= 4 is 52.4 Å². The maximum absolute atomic E-state index is 12.6. The maximum atomic E-state index is 12.6. The van der Waals surface area contributed by atoms with Gasteiger partial charge in [0.1, 0.15) is 0 Å². The van der Waals surface area contributed by atoms with Crippen LogP contribution in [0.1, 0.15) is 30.1 Å². The molecule has 33 heavy (non-hydrogen) atoms. The SMILES string of the molecule is CC(OC(=O)C1CCN(C(=O)c2ccc(Cl)cc2)CC1)C(=O)Nc1ccc([N+](=O)[O-])cc1Cl. The van der Waals surface area contributed by atoms with E-state index in [1.165, 1.54) is 19.1 Å². The Balaban J connectivity index is 1.50. The fourth-order valence-corrected chi connectivity index (χ4v) is 3.72. The van der Waals surface area contributed by atoms with Crippen molar-refractivity contribution in [2.75, 3.05) is 18.4 Å². The molecule has 174 valence electrons. The molecule has 2 amide bonds. The van der Waals surface area contributed by atoms with Gasteiger partial charge in [-0.25, -0.2) is 0 Å². The number of piperidine rings is 1. The first-order valence-corrected chi connectivity index (χ1v) is 10.9. The van der Waals surface area contributed by atoms with Crippen LogP contribution in [0.5, 0.6) is 0 Å². The summed E-state index contributed by atoms with van der Waals surface area (Å²) in [6.45, 7) is 2.20. The van der Waals surface area contributed by atoms with Gasteiger partial charge in [-0.05, 0) is 50.1 Å². The number of halogens is 2. The summed E-state index contributed by atoms with van der Waals surface area (Å²) in [5.74, 6) is -1.70. The lowest BCUT2D eigenvalue weighted by Gasteiger charge is -2.31. The largest absolute Gasteiger partial charge is 0.452 e. The molecule has 1 heterocycles. The minimum atomic E-state index is -1.10. The van der Waals surface area contributed by atoms with E-state index in [0.717, 1.165) is 6.07 Å². The standard InChI is InChI=1S/C22H21Cl2N3O6/c1-13(20(28)25-19-7-6-17(27(31)32)12-18(19)24)33-22(30)15-8-10-26(11-9-15)21(29)14-2-4-16(23)5-3-14/h2-7,12-13,15H,8-11H2,1H3,(H,25,28). The molecule has 0 saturated carbocycles. The number of nitrogens with zero attached hydrogens (tertiary/aromatic N) is 2. The first-order valence-electron chi connectivity index (χ1n) is 10.2. The molecule has 3 rings (SSSR count). The van der Waals surface area contributed by atoms with Gasteiger partial charge in [0.2, 0.25) is 0 Å². The van der Waals surface area contributed by atoms with Crippen LogP contribution in [0.3, 0.4) is 0 Å². The van der Waals surface area contributed by atoms with Crippen molar-refractivity contribution in [1.82, 2.24) is 4.90 Å². The highest BCUT2D eigenvalue weighted by Crippen LogP contribution is 2.27. The lowest BCUT2D eigenvalue weighted by atomic mass is 9.96. The molecule has 1 fully saturated rings. The molecule has 11 heteroatoms. The Morgan fingerprint density at radius 2 is 1.76 bits per heavy atom. The van der Waals surface area contributed by atoms with Crippen LogP contribution < -0.4 is 5.32 Å². The molecule has 1 aliphatic heterocycles. The van der Waals surface area contributed by atoms with Crippen molar-refractivity contribution in [1.29, 1.82) is 0 Å². The van der Waals surface area contributed by atoms with Crippen molar-refractivity contribution < 1.29 is 24.0 Å². The smallest absolute Gasteiger partial charge is 0.309 e. The Labute approximate surface area is 199 Å². The van der Waals surface area contributed by atoms with Crippen LogP contribution in [-0.4, -0.2) is 46.8 Å².